The van der Waals surface area contributed by atoms with E-state index in [2.05, 4.69) is 0 Å². The molecule has 0 amide bonds. The summed E-state index contributed by atoms with van der Waals surface area (Å²) in [5.41, 5.74) is -1.24. The predicted molar refractivity (Wildman–Crippen MR) is 167 cm³/mol. The van der Waals surface area contributed by atoms with Crippen LogP contribution in [-0.4, -0.2) is 54.0 Å². The number of aliphatic hydroxyl groups is 1. The molecule has 1 aliphatic rings. The van der Waals surface area contributed by atoms with Crippen molar-refractivity contribution in [2.75, 3.05) is 6.61 Å². The highest BCUT2D eigenvalue weighted by molar-refractivity contribution is 6.58. The maximum Gasteiger partial charge on any atom is 0.330 e. The van der Waals surface area contributed by atoms with E-state index in [0.29, 0.717) is 0 Å². The lowest BCUT2D eigenvalue weighted by Crippen LogP contribution is -2.60. The number of aromatic amines is 1. The summed E-state index contributed by atoms with van der Waals surface area (Å²) in [5.74, 6) is -1.14. The Labute approximate surface area is 257 Å². The van der Waals surface area contributed by atoms with Gasteiger partial charge < -0.3 is 19.3 Å². The molecule has 5 rings (SSSR count). The molecule has 4 atom stereocenters. The second-order valence-electron chi connectivity index (χ2n) is 12.2. The van der Waals surface area contributed by atoms with E-state index in [4.69, 9.17) is 14.2 Å². The fraction of sp³-hybridized carbons (Fsp3) is 0.353. The van der Waals surface area contributed by atoms with Crippen LogP contribution in [-0.2, 0) is 25.2 Å². The van der Waals surface area contributed by atoms with Crippen molar-refractivity contribution < 1.29 is 23.7 Å². The van der Waals surface area contributed by atoms with Crippen LogP contribution in [0, 0.1) is 5.82 Å². The van der Waals surface area contributed by atoms with Crippen molar-refractivity contribution in [3.63, 3.8) is 0 Å². The summed E-state index contributed by atoms with van der Waals surface area (Å²) in [7, 11) is -1.76. The molecule has 0 unspecified atom stereocenters. The van der Waals surface area contributed by atoms with Crippen LogP contribution < -0.4 is 11.2 Å². The smallest absolute Gasteiger partial charge is 0.330 e. The van der Waals surface area contributed by atoms with Crippen LogP contribution in [0.1, 0.15) is 37.5 Å². The summed E-state index contributed by atoms with van der Waals surface area (Å²) < 4.78 is 35.8. The Kier molecular flexibility index (Phi) is 8.93. The van der Waals surface area contributed by atoms with Gasteiger partial charge in [0.25, 0.3) is 5.56 Å². The Morgan fingerprint density at radius 3 is 1.82 bits per heavy atom. The van der Waals surface area contributed by atoms with Crippen molar-refractivity contribution in [2.45, 2.75) is 68.7 Å². The second-order valence-corrected chi connectivity index (χ2v) is 14.9. The van der Waals surface area contributed by atoms with Gasteiger partial charge in [-0.15, -0.1) is 0 Å². The molecule has 2 N–H and O–H groups in total. The summed E-state index contributed by atoms with van der Waals surface area (Å²) in [6.07, 6.45) is -2.49. The highest BCUT2D eigenvalue weighted by Gasteiger charge is 2.60. The fourth-order valence-corrected chi connectivity index (χ4v) is 7.80. The van der Waals surface area contributed by atoms with Crippen molar-refractivity contribution >= 4 is 8.80 Å². The number of H-pyrrole nitrogens is 1. The molecular formula is C34H38FN2O6Si. The van der Waals surface area contributed by atoms with Gasteiger partial charge in [0.15, 0.2) is 5.35 Å². The van der Waals surface area contributed by atoms with Crippen molar-refractivity contribution in [3.05, 3.63) is 141 Å². The largest absolute Gasteiger partial charge is 0.387 e. The molecule has 1 aliphatic heterocycles. The summed E-state index contributed by atoms with van der Waals surface area (Å²) >= 11 is 0. The van der Waals surface area contributed by atoms with E-state index in [1.54, 1.807) is 0 Å². The molecule has 0 bridgehead atoms. The number of benzene rings is 3. The number of halogens is 1. The molecule has 4 aromatic rings. The number of nitrogens with zero attached hydrogens (tertiary/aromatic N) is 1. The van der Waals surface area contributed by atoms with Crippen molar-refractivity contribution in [1.29, 1.82) is 0 Å². The minimum absolute atomic E-state index is 0.110. The van der Waals surface area contributed by atoms with Crippen LogP contribution in [0.3, 0.4) is 0 Å². The molecule has 0 spiro atoms. The second kappa shape index (κ2) is 12.4. The maximum atomic E-state index is 14.7. The molecule has 231 valence electrons. The maximum absolute atomic E-state index is 14.7. The van der Waals surface area contributed by atoms with E-state index < -0.39 is 60.7 Å². The number of ether oxygens (including phenoxy) is 3. The van der Waals surface area contributed by atoms with Gasteiger partial charge in [-0.3, -0.25) is 14.3 Å². The Bertz CT molecular complexity index is 1580. The lowest BCUT2D eigenvalue weighted by atomic mass is 9.80. The topological polar surface area (TPSA) is 103 Å². The molecule has 1 aromatic heterocycles. The standard InChI is InChI=1S/C34H38FN2O6Si/c1-32(2,3)43-29-28(38)27(42-34(29,44(4)5)37-21-26(35)30(39)36-31(37)40)22-41-33(23-15-9-6-10-16-23,24-17-11-7-12-18-24)25-19-13-8-14-20-25/h6-21,27-29,38H,22H2,1-5H3,(H,36,39,40)/t27-,28-,29-,34+/m1/s1. The van der Waals surface area contributed by atoms with E-state index >= 15 is 0 Å². The average molecular weight is 618 g/mol. The van der Waals surface area contributed by atoms with E-state index in [1.807, 2.05) is 130 Å². The normalized spacial score (nSPS) is 22.4. The quantitative estimate of drug-likeness (QED) is 0.211. The van der Waals surface area contributed by atoms with Crippen LogP contribution in [0.4, 0.5) is 4.39 Å². The molecule has 1 radical (unpaired) electrons. The monoisotopic (exact) mass is 617 g/mol. The summed E-state index contributed by atoms with van der Waals surface area (Å²) in [6.45, 7) is 9.14. The first-order chi connectivity index (χ1) is 20.9. The number of hydrogen-bond donors (Lipinski definition) is 2. The van der Waals surface area contributed by atoms with Gasteiger partial charge in [-0.1, -0.05) is 104 Å². The predicted octanol–water partition coefficient (Wildman–Crippen LogP) is 4.57. The number of hydrogen-bond acceptors (Lipinski definition) is 6. The molecule has 0 saturated carbocycles. The van der Waals surface area contributed by atoms with Crippen LogP contribution >= 0.6 is 0 Å². The van der Waals surface area contributed by atoms with Crippen LogP contribution in [0.25, 0.3) is 0 Å². The van der Waals surface area contributed by atoms with Crippen LogP contribution in [0.15, 0.2) is 107 Å². The summed E-state index contributed by atoms with van der Waals surface area (Å²) in [6, 6.07) is 29.4. The Morgan fingerprint density at radius 2 is 1.39 bits per heavy atom. The van der Waals surface area contributed by atoms with Gasteiger partial charge in [0, 0.05) is 0 Å². The first-order valence-electron chi connectivity index (χ1n) is 14.6. The van der Waals surface area contributed by atoms with Crippen LogP contribution in [0.5, 0.6) is 0 Å². The number of aliphatic hydroxyl groups excluding tert-OH is 1. The zero-order valence-electron chi connectivity index (χ0n) is 25.5. The third-order valence-corrected chi connectivity index (χ3v) is 9.94. The lowest BCUT2D eigenvalue weighted by molar-refractivity contribution is -0.157. The molecule has 10 heteroatoms. The molecule has 1 fully saturated rings. The van der Waals surface area contributed by atoms with Crippen LogP contribution in [0.2, 0.25) is 13.1 Å². The first-order valence-corrected chi connectivity index (χ1v) is 17.1. The van der Waals surface area contributed by atoms with E-state index in [-0.39, 0.29) is 6.61 Å². The SMILES string of the molecule is C[Si](C)[C@@]1(n2cc(F)c(=O)[nH]c2=O)O[C@H](COC(c2ccccc2)(c2ccccc2)c2ccccc2)[C@@H](O)[C@H]1OC(C)(C)C. The van der Waals surface area contributed by atoms with Gasteiger partial charge in [0.2, 0.25) is 5.82 Å². The molecule has 1 saturated heterocycles. The van der Waals surface area contributed by atoms with Crippen molar-refractivity contribution in [3.8, 4) is 0 Å². The molecule has 8 nitrogen and oxygen atoms in total. The number of nitrogens with one attached hydrogen (secondary N) is 1. The van der Waals surface area contributed by atoms with Gasteiger partial charge in [-0.25, -0.2) is 4.79 Å². The van der Waals surface area contributed by atoms with Crippen molar-refractivity contribution in [2.24, 2.45) is 0 Å². The van der Waals surface area contributed by atoms with Gasteiger partial charge in [0.1, 0.15) is 32.7 Å². The Balaban J connectivity index is 1.64. The number of aromatic nitrogens is 2. The highest BCUT2D eigenvalue weighted by Crippen LogP contribution is 2.44. The minimum atomic E-state index is -1.76. The average Bonchev–Trinajstić information content (AvgIpc) is 3.27. The van der Waals surface area contributed by atoms with Gasteiger partial charge >= 0.3 is 5.69 Å². The molecular weight excluding hydrogens is 579 g/mol. The van der Waals surface area contributed by atoms with Gasteiger partial charge in [-0.05, 0) is 37.5 Å². The molecule has 44 heavy (non-hydrogen) atoms. The lowest BCUT2D eigenvalue weighted by Gasteiger charge is -2.41. The molecule has 0 aliphatic carbocycles. The van der Waals surface area contributed by atoms with Gasteiger partial charge in [-0.2, -0.15) is 4.39 Å². The van der Waals surface area contributed by atoms with Gasteiger partial charge in [0.05, 0.1) is 18.4 Å². The summed E-state index contributed by atoms with van der Waals surface area (Å²) in [4.78, 5) is 27.2. The Morgan fingerprint density at radius 1 is 0.909 bits per heavy atom. The van der Waals surface area contributed by atoms with E-state index in [9.17, 15) is 19.1 Å². The van der Waals surface area contributed by atoms with E-state index in [1.165, 1.54) is 0 Å². The zero-order valence-corrected chi connectivity index (χ0v) is 26.5. The van der Waals surface area contributed by atoms with Crippen molar-refractivity contribution in [1.82, 2.24) is 9.55 Å². The number of rotatable bonds is 9. The molecule has 3 aromatic carbocycles. The fourth-order valence-electron chi connectivity index (χ4n) is 5.96. The first kappa shape index (κ1) is 31.7. The zero-order chi connectivity index (χ0) is 31.7. The third-order valence-electron chi connectivity index (χ3n) is 7.87. The summed E-state index contributed by atoms with van der Waals surface area (Å²) in [5, 5.41) is 10.3. The third kappa shape index (κ3) is 5.76. The van der Waals surface area contributed by atoms with E-state index in [0.717, 1.165) is 27.5 Å². The Hall–Kier alpha value is -3.67. The highest BCUT2D eigenvalue weighted by atomic mass is 28.3. The molecule has 2 heterocycles. The minimum Gasteiger partial charge on any atom is -0.387 e.